The van der Waals surface area contributed by atoms with Crippen LogP contribution >= 0.6 is 27.5 Å². The highest BCUT2D eigenvalue weighted by Crippen LogP contribution is 2.55. The van der Waals surface area contributed by atoms with Gasteiger partial charge in [-0.25, -0.2) is 14.2 Å². The second-order valence-corrected chi connectivity index (χ2v) is 7.29. The number of ether oxygens (including phenoxy) is 1. The highest BCUT2D eigenvalue weighted by atomic mass is 79.9. The van der Waals surface area contributed by atoms with E-state index in [-0.39, 0.29) is 40.2 Å². The van der Waals surface area contributed by atoms with Gasteiger partial charge in [0.15, 0.2) is 0 Å². The monoisotopic (exact) mass is 436 g/mol. The largest absolute Gasteiger partial charge is 0.492 e. The van der Waals surface area contributed by atoms with Crippen LogP contribution in [-0.2, 0) is 0 Å². The summed E-state index contributed by atoms with van der Waals surface area (Å²) in [4.78, 5) is 16.2. The minimum atomic E-state index is -0.449. The molecule has 1 saturated carbocycles. The number of amides is 2. The lowest BCUT2D eigenvalue weighted by Crippen LogP contribution is -2.32. The van der Waals surface area contributed by atoms with Crippen molar-refractivity contribution in [2.24, 2.45) is 5.92 Å². The molecule has 1 aliphatic carbocycles. The standard InChI is InChI=1S/C17H11BrClFN4O2/c18-11-4-8(20)3-9-13-10(6-26-15(9)11)14(13)24-17(25)23-12-2-1-7(5-21)16(19)22-12/h1-4,10,13-14H,6H2,(H2,22,23,24,25)/t10-,13+,14-/m1/s1. The van der Waals surface area contributed by atoms with Gasteiger partial charge in [0.2, 0.25) is 0 Å². The predicted molar refractivity (Wildman–Crippen MR) is 95.7 cm³/mol. The zero-order chi connectivity index (χ0) is 18.4. The molecule has 9 heteroatoms. The third-order valence-corrected chi connectivity index (χ3v) is 5.37. The number of nitrogens with one attached hydrogen (secondary N) is 2. The number of anilines is 1. The number of nitrogens with zero attached hydrogens (tertiary/aromatic N) is 2. The van der Waals surface area contributed by atoms with Gasteiger partial charge in [0.25, 0.3) is 0 Å². The van der Waals surface area contributed by atoms with Crippen molar-refractivity contribution in [2.75, 3.05) is 11.9 Å². The molecule has 1 aliphatic heterocycles. The molecule has 4 rings (SSSR count). The zero-order valence-electron chi connectivity index (χ0n) is 13.1. The van der Waals surface area contributed by atoms with Crippen LogP contribution in [0.1, 0.15) is 17.0 Å². The lowest BCUT2D eigenvalue weighted by Gasteiger charge is -2.17. The van der Waals surface area contributed by atoms with E-state index >= 15 is 0 Å². The molecular formula is C17H11BrClFN4O2. The maximum Gasteiger partial charge on any atom is 0.320 e. The summed E-state index contributed by atoms with van der Waals surface area (Å²) in [6, 6.07) is 7.07. The summed E-state index contributed by atoms with van der Waals surface area (Å²) in [7, 11) is 0. The van der Waals surface area contributed by atoms with Gasteiger partial charge in [-0.05, 0) is 40.2 Å². The molecule has 0 bridgehead atoms. The number of halogens is 3. The molecular weight excluding hydrogens is 427 g/mol. The first-order valence-corrected chi connectivity index (χ1v) is 8.91. The number of carbonyl (C=O) groups is 1. The first kappa shape index (κ1) is 17.1. The van der Waals surface area contributed by atoms with Crippen LogP contribution < -0.4 is 15.4 Å². The Morgan fingerprint density at radius 2 is 2.27 bits per heavy atom. The molecule has 0 unspecified atom stereocenters. The molecule has 0 radical (unpaired) electrons. The molecule has 1 aromatic carbocycles. The average Bonchev–Trinajstić information content (AvgIpc) is 3.28. The number of hydrogen-bond acceptors (Lipinski definition) is 4. The zero-order valence-corrected chi connectivity index (χ0v) is 15.4. The van der Waals surface area contributed by atoms with E-state index in [4.69, 9.17) is 21.6 Å². The van der Waals surface area contributed by atoms with Gasteiger partial charge in [-0.15, -0.1) is 0 Å². The Labute approximate surface area is 161 Å². The van der Waals surface area contributed by atoms with E-state index in [1.54, 1.807) is 0 Å². The van der Waals surface area contributed by atoms with Crippen LogP contribution in [0.25, 0.3) is 0 Å². The van der Waals surface area contributed by atoms with Crippen LogP contribution in [0.4, 0.5) is 15.0 Å². The van der Waals surface area contributed by atoms with E-state index in [1.165, 1.54) is 24.3 Å². The molecule has 132 valence electrons. The first-order chi connectivity index (χ1) is 12.5. The topological polar surface area (TPSA) is 87.0 Å². The van der Waals surface area contributed by atoms with Gasteiger partial charge in [0.05, 0.1) is 16.6 Å². The van der Waals surface area contributed by atoms with E-state index in [0.717, 1.165) is 5.56 Å². The summed E-state index contributed by atoms with van der Waals surface area (Å²) >= 11 is 9.16. The van der Waals surface area contributed by atoms with Gasteiger partial charge in [-0.1, -0.05) is 11.6 Å². The number of aromatic nitrogens is 1. The highest BCUT2D eigenvalue weighted by molar-refractivity contribution is 9.10. The Hall–Kier alpha value is -2.37. The van der Waals surface area contributed by atoms with Crippen molar-refractivity contribution >= 4 is 39.4 Å². The van der Waals surface area contributed by atoms with E-state index in [2.05, 4.69) is 31.5 Å². The van der Waals surface area contributed by atoms with Gasteiger partial charge in [-0.3, -0.25) is 5.32 Å². The number of rotatable bonds is 2. The minimum absolute atomic E-state index is 0.00834. The van der Waals surface area contributed by atoms with Gasteiger partial charge in [-0.2, -0.15) is 5.26 Å². The SMILES string of the molecule is N#Cc1ccc(NC(=O)N[C@@H]2[C@@H]3COc4c(Br)cc(F)cc4[C@@H]32)nc1Cl. The van der Waals surface area contributed by atoms with E-state index in [0.29, 0.717) is 16.8 Å². The summed E-state index contributed by atoms with van der Waals surface area (Å²) in [6.45, 7) is 0.452. The number of urea groups is 1. The summed E-state index contributed by atoms with van der Waals surface area (Å²) in [5.41, 5.74) is 0.977. The molecule has 0 saturated heterocycles. The van der Waals surface area contributed by atoms with Gasteiger partial charge in [0, 0.05) is 23.4 Å². The predicted octanol–water partition coefficient (Wildman–Crippen LogP) is 3.80. The van der Waals surface area contributed by atoms with Crippen LogP contribution in [0.5, 0.6) is 5.75 Å². The lowest BCUT2D eigenvalue weighted by molar-refractivity contribution is 0.249. The van der Waals surface area contributed by atoms with Crippen molar-refractivity contribution < 1.29 is 13.9 Å². The molecule has 2 aliphatic rings. The Balaban J connectivity index is 1.45. The van der Waals surface area contributed by atoms with Crippen LogP contribution in [0, 0.1) is 23.1 Å². The van der Waals surface area contributed by atoms with Crippen LogP contribution in [0.15, 0.2) is 28.7 Å². The van der Waals surface area contributed by atoms with Crippen molar-refractivity contribution in [3.8, 4) is 11.8 Å². The van der Waals surface area contributed by atoms with Crippen LogP contribution in [0.3, 0.4) is 0 Å². The molecule has 0 spiro atoms. The average molecular weight is 438 g/mol. The number of benzene rings is 1. The Kier molecular flexibility index (Phi) is 4.21. The molecule has 1 fully saturated rings. The van der Waals surface area contributed by atoms with Gasteiger partial charge < -0.3 is 10.1 Å². The smallest absolute Gasteiger partial charge is 0.320 e. The second kappa shape index (κ2) is 6.41. The van der Waals surface area contributed by atoms with E-state index in [9.17, 15) is 9.18 Å². The second-order valence-electron chi connectivity index (χ2n) is 6.08. The van der Waals surface area contributed by atoms with Crippen molar-refractivity contribution in [1.29, 1.82) is 5.26 Å². The normalized spacial score (nSPS) is 22.3. The fourth-order valence-electron chi connectivity index (χ4n) is 3.25. The van der Waals surface area contributed by atoms with E-state index in [1.807, 2.05) is 6.07 Å². The van der Waals surface area contributed by atoms with Crippen molar-refractivity contribution in [3.63, 3.8) is 0 Å². The van der Waals surface area contributed by atoms with Crippen molar-refractivity contribution in [3.05, 3.63) is 50.8 Å². The fourth-order valence-corrected chi connectivity index (χ4v) is 4.01. The summed E-state index contributed by atoms with van der Waals surface area (Å²) in [5, 5.41) is 14.3. The van der Waals surface area contributed by atoms with Crippen molar-refractivity contribution in [2.45, 2.75) is 12.0 Å². The number of fused-ring (bicyclic) bond motifs is 3. The maximum atomic E-state index is 13.7. The third kappa shape index (κ3) is 2.97. The van der Waals surface area contributed by atoms with Gasteiger partial charge in [0.1, 0.15) is 28.6 Å². The molecule has 2 N–H and O–H groups in total. The van der Waals surface area contributed by atoms with Crippen LogP contribution in [0.2, 0.25) is 5.15 Å². The summed E-state index contributed by atoms with van der Waals surface area (Å²) in [6.07, 6.45) is 0. The minimum Gasteiger partial charge on any atom is -0.492 e. The number of carbonyl (C=O) groups excluding carboxylic acids is 1. The van der Waals surface area contributed by atoms with Crippen molar-refractivity contribution in [1.82, 2.24) is 10.3 Å². The molecule has 2 heterocycles. The third-order valence-electron chi connectivity index (χ3n) is 4.49. The molecule has 6 nitrogen and oxygen atoms in total. The summed E-state index contributed by atoms with van der Waals surface area (Å²) in [5.74, 6) is 0.610. The van der Waals surface area contributed by atoms with Gasteiger partial charge >= 0.3 is 6.03 Å². The number of hydrogen-bond donors (Lipinski definition) is 2. The summed E-state index contributed by atoms with van der Waals surface area (Å²) < 4.78 is 20.0. The Bertz CT molecular complexity index is 965. The van der Waals surface area contributed by atoms with E-state index < -0.39 is 6.03 Å². The Morgan fingerprint density at radius 3 is 3.00 bits per heavy atom. The molecule has 1 aromatic heterocycles. The molecule has 26 heavy (non-hydrogen) atoms. The quantitative estimate of drug-likeness (QED) is 0.700. The Morgan fingerprint density at radius 1 is 1.46 bits per heavy atom. The fraction of sp³-hybridized carbons (Fsp3) is 0.235. The molecule has 3 atom stereocenters. The number of nitriles is 1. The first-order valence-electron chi connectivity index (χ1n) is 7.74. The highest BCUT2D eigenvalue weighted by Gasteiger charge is 2.56. The maximum absolute atomic E-state index is 13.7. The van der Waals surface area contributed by atoms with Crippen LogP contribution in [-0.4, -0.2) is 23.7 Å². The number of pyridine rings is 1. The molecule has 2 aromatic rings. The molecule has 2 amide bonds. The lowest BCUT2D eigenvalue weighted by atomic mass is 10.1.